The predicted octanol–water partition coefficient (Wildman–Crippen LogP) is 5.80. The molecule has 0 spiro atoms. The molecular formula is C30H29N3+2. The zero-order chi connectivity index (χ0) is 22.8. The number of hydrogen-bond acceptors (Lipinski definition) is 0. The highest BCUT2D eigenvalue weighted by Gasteiger charge is 2.10. The Balaban J connectivity index is 1.54. The summed E-state index contributed by atoms with van der Waals surface area (Å²) in [6, 6.07) is 22.1. The van der Waals surface area contributed by atoms with Crippen molar-refractivity contribution in [3.63, 3.8) is 0 Å². The van der Waals surface area contributed by atoms with Gasteiger partial charge in [-0.2, -0.15) is 0 Å². The maximum Gasteiger partial charge on any atom is 0.169 e. The molecule has 162 valence electrons. The minimum Gasteiger partial charge on any atom is -0.341 e. The van der Waals surface area contributed by atoms with Crippen LogP contribution in [0, 0.1) is 0 Å². The zero-order valence-electron chi connectivity index (χ0n) is 19.4. The summed E-state index contributed by atoms with van der Waals surface area (Å²) >= 11 is 0. The fourth-order valence-electron chi connectivity index (χ4n) is 4.32. The lowest BCUT2D eigenvalue weighted by atomic mass is 10.1. The van der Waals surface area contributed by atoms with Crippen LogP contribution in [-0.2, 0) is 20.6 Å². The average Bonchev–Trinajstić information content (AvgIpc) is 3.15. The molecule has 0 saturated heterocycles. The molecule has 3 heteroatoms. The van der Waals surface area contributed by atoms with Crippen LogP contribution >= 0.6 is 0 Å². The summed E-state index contributed by atoms with van der Waals surface area (Å²) in [5.41, 5.74) is 7.39. The van der Waals surface area contributed by atoms with Gasteiger partial charge in [-0.05, 0) is 53.4 Å². The van der Waals surface area contributed by atoms with Crippen LogP contribution in [0.2, 0.25) is 0 Å². The van der Waals surface area contributed by atoms with Gasteiger partial charge in [0, 0.05) is 52.6 Å². The Bertz CT molecular complexity index is 1370. The Morgan fingerprint density at radius 1 is 0.576 bits per heavy atom. The largest absolute Gasteiger partial charge is 0.341 e. The average molecular weight is 432 g/mol. The molecule has 0 N–H and O–H groups in total. The van der Waals surface area contributed by atoms with Crippen LogP contribution in [0.3, 0.4) is 0 Å². The van der Waals surface area contributed by atoms with Crippen LogP contribution < -0.4 is 9.13 Å². The molecule has 2 aromatic carbocycles. The molecule has 0 aliphatic heterocycles. The standard InChI is InChI=1S/C30H29N3/c1-4-33-29-11-9-25(7-5-23-13-17-31(2)18-14-23)21-27(29)28-22-26(10-12-30(28)33)8-6-24-15-19-32(3)20-16-24/h5-22H,4H2,1-3H3/q+2. The number of aromatic nitrogens is 3. The summed E-state index contributed by atoms with van der Waals surface area (Å²) in [6.07, 6.45) is 17.0. The Morgan fingerprint density at radius 2 is 0.970 bits per heavy atom. The number of fused-ring (bicyclic) bond motifs is 3. The first-order chi connectivity index (χ1) is 16.1. The quantitative estimate of drug-likeness (QED) is 0.312. The molecular weight excluding hydrogens is 402 g/mol. The molecule has 0 amide bonds. The van der Waals surface area contributed by atoms with Crippen molar-refractivity contribution in [2.24, 2.45) is 14.1 Å². The highest BCUT2D eigenvalue weighted by Crippen LogP contribution is 2.31. The van der Waals surface area contributed by atoms with E-state index in [1.54, 1.807) is 0 Å². The number of benzene rings is 2. The van der Waals surface area contributed by atoms with Gasteiger partial charge in [0.15, 0.2) is 24.8 Å². The molecule has 0 unspecified atom stereocenters. The molecule has 0 aliphatic carbocycles. The van der Waals surface area contributed by atoms with Crippen molar-refractivity contribution in [2.75, 3.05) is 0 Å². The molecule has 5 rings (SSSR count). The monoisotopic (exact) mass is 431 g/mol. The first-order valence-electron chi connectivity index (χ1n) is 11.4. The number of pyridine rings is 2. The van der Waals surface area contributed by atoms with Gasteiger partial charge < -0.3 is 4.57 Å². The van der Waals surface area contributed by atoms with Crippen molar-refractivity contribution in [1.29, 1.82) is 0 Å². The van der Waals surface area contributed by atoms with E-state index in [0.29, 0.717) is 0 Å². The van der Waals surface area contributed by atoms with Gasteiger partial charge in [0.25, 0.3) is 0 Å². The highest BCUT2D eigenvalue weighted by atomic mass is 15.0. The van der Waals surface area contributed by atoms with Gasteiger partial charge in [-0.1, -0.05) is 36.4 Å². The second-order valence-electron chi connectivity index (χ2n) is 8.56. The van der Waals surface area contributed by atoms with Crippen molar-refractivity contribution in [2.45, 2.75) is 13.5 Å². The summed E-state index contributed by atoms with van der Waals surface area (Å²) in [6.45, 7) is 3.16. The fraction of sp³-hybridized carbons (Fsp3) is 0.133. The van der Waals surface area contributed by atoms with Gasteiger partial charge in [-0.15, -0.1) is 0 Å². The molecule has 0 fully saturated rings. The lowest BCUT2D eigenvalue weighted by molar-refractivity contribution is -0.671. The Hall–Kier alpha value is -3.98. The Labute approximate surface area is 195 Å². The number of aryl methyl sites for hydroxylation is 3. The van der Waals surface area contributed by atoms with Crippen molar-refractivity contribution in [3.05, 3.63) is 108 Å². The first kappa shape index (κ1) is 20.9. The van der Waals surface area contributed by atoms with E-state index in [4.69, 9.17) is 0 Å². The van der Waals surface area contributed by atoms with Crippen LogP contribution in [0.1, 0.15) is 29.2 Å². The summed E-state index contributed by atoms with van der Waals surface area (Å²) in [5.74, 6) is 0. The SMILES string of the molecule is CCn1c2ccc(/C=C/c3cc[n+](C)cc3)cc2c2cc(/C=C/c3cc[n+](C)cc3)ccc21. The van der Waals surface area contributed by atoms with Gasteiger partial charge >= 0.3 is 0 Å². The van der Waals surface area contributed by atoms with Gasteiger partial charge in [0.1, 0.15) is 14.1 Å². The third kappa shape index (κ3) is 4.35. The van der Waals surface area contributed by atoms with Crippen LogP contribution in [0.15, 0.2) is 85.5 Å². The molecule has 0 saturated carbocycles. The number of rotatable bonds is 5. The van der Waals surface area contributed by atoms with Gasteiger partial charge in [0.05, 0.1) is 0 Å². The number of hydrogen-bond donors (Lipinski definition) is 0. The van der Waals surface area contributed by atoms with Crippen molar-refractivity contribution >= 4 is 46.1 Å². The molecule has 0 atom stereocenters. The molecule has 3 nitrogen and oxygen atoms in total. The van der Waals surface area contributed by atoms with Crippen LogP contribution in [0.25, 0.3) is 46.1 Å². The molecule has 5 aromatic rings. The third-order valence-corrected chi connectivity index (χ3v) is 6.17. The predicted molar refractivity (Wildman–Crippen MR) is 138 cm³/mol. The van der Waals surface area contributed by atoms with Gasteiger partial charge in [0.2, 0.25) is 0 Å². The minimum absolute atomic E-state index is 0.951. The maximum absolute atomic E-state index is 2.40. The summed E-state index contributed by atoms with van der Waals surface area (Å²) in [4.78, 5) is 0. The Morgan fingerprint density at radius 3 is 1.36 bits per heavy atom. The van der Waals surface area contributed by atoms with E-state index in [2.05, 4.69) is 121 Å². The minimum atomic E-state index is 0.951. The molecule has 0 bridgehead atoms. The maximum atomic E-state index is 2.40. The van der Waals surface area contributed by atoms with E-state index in [1.165, 1.54) is 44.1 Å². The van der Waals surface area contributed by atoms with E-state index in [1.807, 2.05) is 23.2 Å². The zero-order valence-corrected chi connectivity index (χ0v) is 19.4. The second-order valence-corrected chi connectivity index (χ2v) is 8.56. The third-order valence-electron chi connectivity index (χ3n) is 6.17. The summed E-state index contributed by atoms with van der Waals surface area (Å²) < 4.78 is 6.50. The topological polar surface area (TPSA) is 12.7 Å². The van der Waals surface area contributed by atoms with Crippen molar-refractivity contribution in [1.82, 2.24) is 4.57 Å². The van der Waals surface area contributed by atoms with Crippen LogP contribution in [0.5, 0.6) is 0 Å². The fourth-order valence-corrected chi connectivity index (χ4v) is 4.32. The lowest BCUT2D eigenvalue weighted by Crippen LogP contribution is -2.25. The smallest absolute Gasteiger partial charge is 0.169 e. The Kier molecular flexibility index (Phi) is 5.62. The van der Waals surface area contributed by atoms with Gasteiger partial charge in [-0.3, -0.25) is 0 Å². The second kappa shape index (κ2) is 8.87. The van der Waals surface area contributed by atoms with E-state index >= 15 is 0 Å². The summed E-state index contributed by atoms with van der Waals surface area (Å²) in [7, 11) is 4.07. The van der Waals surface area contributed by atoms with Crippen LogP contribution in [0.4, 0.5) is 0 Å². The summed E-state index contributed by atoms with van der Waals surface area (Å²) in [5, 5.41) is 2.60. The van der Waals surface area contributed by atoms with E-state index < -0.39 is 0 Å². The molecule has 0 aliphatic rings. The molecule has 3 aromatic heterocycles. The van der Waals surface area contributed by atoms with E-state index in [0.717, 1.165) is 6.54 Å². The number of nitrogens with zero attached hydrogens (tertiary/aromatic N) is 3. The highest BCUT2D eigenvalue weighted by molar-refractivity contribution is 6.09. The molecule has 33 heavy (non-hydrogen) atoms. The molecule has 0 radical (unpaired) electrons. The van der Waals surface area contributed by atoms with Crippen LogP contribution in [-0.4, -0.2) is 4.57 Å². The van der Waals surface area contributed by atoms with Crippen molar-refractivity contribution in [3.8, 4) is 0 Å². The first-order valence-corrected chi connectivity index (χ1v) is 11.4. The lowest BCUT2D eigenvalue weighted by Gasteiger charge is -2.03. The normalized spacial score (nSPS) is 12.0. The van der Waals surface area contributed by atoms with E-state index in [9.17, 15) is 0 Å². The van der Waals surface area contributed by atoms with Gasteiger partial charge in [-0.25, -0.2) is 9.13 Å². The van der Waals surface area contributed by atoms with Crippen molar-refractivity contribution < 1.29 is 9.13 Å². The molecule has 3 heterocycles. The van der Waals surface area contributed by atoms with E-state index in [-0.39, 0.29) is 0 Å².